The molecule has 0 aliphatic rings. The van der Waals surface area contributed by atoms with Crippen molar-refractivity contribution in [1.82, 2.24) is 10.2 Å². The molecule has 0 aromatic heterocycles. The first-order valence-electron chi connectivity index (χ1n) is 11.1. The van der Waals surface area contributed by atoms with Gasteiger partial charge < -0.3 is 15.5 Å². The number of anilines is 1. The van der Waals surface area contributed by atoms with Crippen LogP contribution in [0.3, 0.4) is 0 Å². The van der Waals surface area contributed by atoms with Crippen LogP contribution in [-0.2, 0) is 16.1 Å². The number of nitrogens with one attached hydrogen (secondary N) is 2. The molecule has 34 heavy (non-hydrogen) atoms. The molecule has 0 saturated heterocycles. The van der Waals surface area contributed by atoms with Gasteiger partial charge in [-0.25, -0.2) is 0 Å². The molecule has 3 aromatic rings. The first-order chi connectivity index (χ1) is 16.3. The molecule has 0 spiro atoms. The van der Waals surface area contributed by atoms with Gasteiger partial charge in [0.2, 0.25) is 11.8 Å². The van der Waals surface area contributed by atoms with Gasteiger partial charge in [-0.1, -0.05) is 54.1 Å². The van der Waals surface area contributed by atoms with Gasteiger partial charge in [0.1, 0.15) is 0 Å². The lowest BCUT2D eigenvalue weighted by molar-refractivity contribution is -0.134. The van der Waals surface area contributed by atoms with Gasteiger partial charge in [0.15, 0.2) is 0 Å². The lowest BCUT2D eigenvalue weighted by atomic mass is 10.0. The predicted octanol–water partition coefficient (Wildman–Crippen LogP) is 5.21. The van der Waals surface area contributed by atoms with Crippen LogP contribution in [0.2, 0.25) is 5.02 Å². The number of rotatable bonds is 9. The Kier molecular flexibility index (Phi) is 8.82. The van der Waals surface area contributed by atoms with E-state index in [0.717, 1.165) is 11.1 Å². The first-order valence-corrected chi connectivity index (χ1v) is 11.5. The molecule has 0 aliphatic heterocycles. The highest BCUT2D eigenvalue weighted by Gasteiger charge is 2.22. The second-order valence-electron chi connectivity index (χ2n) is 8.00. The predicted molar refractivity (Wildman–Crippen MR) is 135 cm³/mol. The second kappa shape index (κ2) is 12.0. The summed E-state index contributed by atoms with van der Waals surface area (Å²) in [5, 5.41) is 6.14. The summed E-state index contributed by atoms with van der Waals surface area (Å²) in [5.41, 5.74) is 3.08. The van der Waals surface area contributed by atoms with Gasteiger partial charge in [-0.15, -0.1) is 0 Å². The van der Waals surface area contributed by atoms with Crippen LogP contribution in [0.25, 0.3) is 0 Å². The van der Waals surface area contributed by atoms with Crippen molar-refractivity contribution < 1.29 is 14.4 Å². The van der Waals surface area contributed by atoms with Gasteiger partial charge in [-0.2, -0.15) is 0 Å². The second-order valence-corrected chi connectivity index (χ2v) is 8.44. The maximum Gasteiger partial charge on any atom is 0.251 e. The van der Waals surface area contributed by atoms with Crippen LogP contribution in [-0.4, -0.2) is 29.2 Å². The van der Waals surface area contributed by atoms with E-state index in [1.165, 1.54) is 6.92 Å². The summed E-state index contributed by atoms with van der Waals surface area (Å²) in [5.74, 6) is -0.494. The van der Waals surface area contributed by atoms with Gasteiger partial charge in [-0.05, 0) is 54.4 Å². The molecule has 0 radical (unpaired) electrons. The molecule has 0 saturated carbocycles. The summed E-state index contributed by atoms with van der Waals surface area (Å²) in [6.07, 6.45) is 0.155. The maximum atomic E-state index is 13.3. The molecular formula is C27H28ClN3O3. The molecule has 0 bridgehead atoms. The van der Waals surface area contributed by atoms with E-state index in [-0.39, 0.29) is 36.7 Å². The minimum absolute atomic E-state index is 0.0855. The number of hydrogen-bond donors (Lipinski definition) is 2. The Morgan fingerprint density at radius 2 is 1.65 bits per heavy atom. The van der Waals surface area contributed by atoms with Crippen molar-refractivity contribution in [1.29, 1.82) is 0 Å². The van der Waals surface area contributed by atoms with E-state index in [4.69, 9.17) is 11.6 Å². The number of carbonyl (C=O) groups excluding carboxylic acids is 3. The van der Waals surface area contributed by atoms with E-state index >= 15 is 0 Å². The van der Waals surface area contributed by atoms with E-state index in [1.54, 1.807) is 29.2 Å². The zero-order valence-electron chi connectivity index (χ0n) is 19.3. The number of hydrogen-bond acceptors (Lipinski definition) is 3. The molecule has 6 nitrogen and oxygen atoms in total. The first kappa shape index (κ1) is 25.0. The Balaban J connectivity index is 1.71. The summed E-state index contributed by atoms with van der Waals surface area (Å²) in [4.78, 5) is 38.9. The van der Waals surface area contributed by atoms with Crippen LogP contribution < -0.4 is 10.6 Å². The summed E-state index contributed by atoms with van der Waals surface area (Å²) in [6, 6.07) is 23.6. The number of carbonyl (C=O) groups is 3. The molecule has 1 unspecified atom stereocenters. The van der Waals surface area contributed by atoms with Crippen LogP contribution in [0.5, 0.6) is 0 Å². The minimum atomic E-state index is -0.255. The zero-order valence-corrected chi connectivity index (χ0v) is 20.0. The van der Waals surface area contributed by atoms with Crippen molar-refractivity contribution in [3.8, 4) is 0 Å². The largest absolute Gasteiger partial charge is 0.352 e. The molecule has 3 rings (SSSR count). The van der Waals surface area contributed by atoms with E-state index in [2.05, 4.69) is 10.6 Å². The van der Waals surface area contributed by atoms with Gasteiger partial charge in [0.05, 0.1) is 6.04 Å². The van der Waals surface area contributed by atoms with Crippen LogP contribution >= 0.6 is 11.6 Å². The average molecular weight is 478 g/mol. The standard InChI is InChI=1S/C27H28ClN3O3/c1-19(23-9-6-10-25(17-23)30-20(2)32)31(18-21-7-4-3-5-8-21)26(33)15-16-29-27(34)22-11-13-24(28)14-12-22/h3-14,17,19H,15-16,18H2,1-2H3,(H,29,34)(H,30,32). The van der Waals surface area contributed by atoms with Crippen LogP contribution in [0.15, 0.2) is 78.9 Å². The third kappa shape index (κ3) is 7.18. The minimum Gasteiger partial charge on any atom is -0.352 e. The van der Waals surface area contributed by atoms with Gasteiger partial charge in [0, 0.05) is 42.7 Å². The van der Waals surface area contributed by atoms with Crippen molar-refractivity contribution >= 4 is 35.0 Å². The SMILES string of the molecule is CC(=O)Nc1cccc(C(C)N(Cc2ccccc2)C(=O)CCNC(=O)c2ccc(Cl)cc2)c1. The smallest absolute Gasteiger partial charge is 0.251 e. The fraction of sp³-hybridized carbons (Fsp3) is 0.222. The molecule has 1 atom stereocenters. The van der Waals surface area contributed by atoms with E-state index in [9.17, 15) is 14.4 Å². The van der Waals surface area contributed by atoms with Crippen LogP contribution in [0, 0.1) is 0 Å². The Bertz CT molecular complexity index is 1130. The van der Waals surface area contributed by atoms with Gasteiger partial charge >= 0.3 is 0 Å². The quantitative estimate of drug-likeness (QED) is 0.444. The molecule has 176 valence electrons. The van der Waals surface area contributed by atoms with E-state index in [1.807, 2.05) is 61.5 Å². The summed E-state index contributed by atoms with van der Waals surface area (Å²) in [7, 11) is 0. The van der Waals surface area contributed by atoms with E-state index in [0.29, 0.717) is 22.8 Å². The fourth-order valence-electron chi connectivity index (χ4n) is 3.61. The van der Waals surface area contributed by atoms with Gasteiger partial charge in [0.25, 0.3) is 5.91 Å². The van der Waals surface area contributed by atoms with Crippen molar-refractivity contribution in [2.75, 3.05) is 11.9 Å². The molecule has 0 heterocycles. The molecule has 7 heteroatoms. The molecule has 0 fully saturated rings. The molecule has 3 aromatic carbocycles. The number of benzene rings is 3. The highest BCUT2D eigenvalue weighted by Crippen LogP contribution is 2.25. The van der Waals surface area contributed by atoms with Crippen molar-refractivity contribution in [2.45, 2.75) is 32.9 Å². The Labute approximate surface area is 204 Å². The lowest BCUT2D eigenvalue weighted by Gasteiger charge is -2.30. The van der Waals surface area contributed by atoms with Crippen LogP contribution in [0.1, 0.15) is 47.8 Å². The summed E-state index contributed by atoms with van der Waals surface area (Å²) >= 11 is 5.88. The highest BCUT2D eigenvalue weighted by molar-refractivity contribution is 6.30. The fourth-order valence-corrected chi connectivity index (χ4v) is 3.74. The molecule has 2 N–H and O–H groups in total. The Morgan fingerprint density at radius 1 is 0.941 bits per heavy atom. The average Bonchev–Trinajstić information content (AvgIpc) is 2.83. The van der Waals surface area contributed by atoms with Crippen LogP contribution in [0.4, 0.5) is 5.69 Å². The monoisotopic (exact) mass is 477 g/mol. The number of amides is 3. The number of nitrogens with zero attached hydrogens (tertiary/aromatic N) is 1. The zero-order chi connectivity index (χ0) is 24.5. The van der Waals surface area contributed by atoms with Gasteiger partial charge in [-0.3, -0.25) is 14.4 Å². The number of halogens is 1. The lowest BCUT2D eigenvalue weighted by Crippen LogP contribution is -2.36. The van der Waals surface area contributed by atoms with Crippen molar-refractivity contribution in [2.24, 2.45) is 0 Å². The molecular weight excluding hydrogens is 450 g/mol. The van der Waals surface area contributed by atoms with Crippen molar-refractivity contribution in [3.05, 3.63) is 101 Å². The maximum absolute atomic E-state index is 13.3. The topological polar surface area (TPSA) is 78.5 Å². The summed E-state index contributed by atoms with van der Waals surface area (Å²) < 4.78 is 0. The molecule has 0 aliphatic carbocycles. The van der Waals surface area contributed by atoms with E-state index < -0.39 is 0 Å². The van der Waals surface area contributed by atoms with Crippen molar-refractivity contribution in [3.63, 3.8) is 0 Å². The molecule has 3 amide bonds. The highest BCUT2D eigenvalue weighted by atomic mass is 35.5. The Morgan fingerprint density at radius 3 is 2.32 bits per heavy atom. The Hall–Kier alpha value is -3.64. The normalized spacial score (nSPS) is 11.4. The third-order valence-electron chi connectivity index (χ3n) is 5.40. The third-order valence-corrected chi connectivity index (χ3v) is 5.66. The summed E-state index contributed by atoms with van der Waals surface area (Å²) in [6.45, 7) is 4.06.